The number of nitrogens with two attached hydrogens (primary N) is 2. The standard InChI is InChI=1S/C20H30N6O5S/c1-8-14-13(9(2)27)18(29)26(14)15(19(30)31)16(8)32-11-4-12(24(3)7-11)17(28)25-5-10(6-25)23-20(21)22/h8-14,27H,4-7H2,1-3H3,(H,30,31)(H4,21,22,23)/t8-,9?,11+,12+,13-,14-/m1/s1. The molecule has 0 aromatic rings. The third kappa shape index (κ3) is 3.63. The van der Waals surface area contributed by atoms with E-state index in [0.29, 0.717) is 31.0 Å². The minimum Gasteiger partial charge on any atom is -0.477 e. The van der Waals surface area contributed by atoms with E-state index in [1.54, 1.807) is 11.8 Å². The summed E-state index contributed by atoms with van der Waals surface area (Å²) in [6.07, 6.45) is -0.241. The fourth-order valence-corrected chi connectivity index (χ4v) is 6.92. The fraction of sp³-hybridized carbons (Fsp3) is 0.700. The van der Waals surface area contributed by atoms with Crippen LogP contribution in [0.1, 0.15) is 20.3 Å². The molecule has 0 aromatic heterocycles. The van der Waals surface area contributed by atoms with Crippen LogP contribution >= 0.6 is 11.8 Å². The zero-order valence-corrected chi connectivity index (χ0v) is 19.2. The van der Waals surface area contributed by atoms with Crippen molar-refractivity contribution in [2.24, 2.45) is 28.3 Å². The van der Waals surface area contributed by atoms with E-state index in [4.69, 9.17) is 11.5 Å². The lowest BCUT2D eigenvalue weighted by Gasteiger charge is -2.46. The summed E-state index contributed by atoms with van der Waals surface area (Å²) in [5.74, 6) is -2.19. The van der Waals surface area contributed by atoms with Crippen molar-refractivity contribution in [3.8, 4) is 0 Å². The first kappa shape index (κ1) is 22.9. The van der Waals surface area contributed by atoms with Crippen molar-refractivity contribution in [1.29, 1.82) is 0 Å². The first-order chi connectivity index (χ1) is 15.0. The Morgan fingerprint density at radius 3 is 2.47 bits per heavy atom. The minimum absolute atomic E-state index is 0.0192. The monoisotopic (exact) mass is 466 g/mol. The van der Waals surface area contributed by atoms with Crippen LogP contribution in [0.3, 0.4) is 0 Å². The van der Waals surface area contributed by atoms with Crippen molar-refractivity contribution in [1.82, 2.24) is 14.7 Å². The Bertz CT molecular complexity index is 897. The maximum atomic E-state index is 12.9. The zero-order chi connectivity index (χ0) is 23.5. The molecule has 4 rings (SSSR count). The van der Waals surface area contributed by atoms with E-state index in [1.165, 1.54) is 16.7 Å². The van der Waals surface area contributed by atoms with Gasteiger partial charge in [0.15, 0.2) is 5.96 Å². The Labute approximate surface area is 190 Å². The van der Waals surface area contributed by atoms with E-state index in [1.807, 2.05) is 18.9 Å². The topological polar surface area (TPSA) is 166 Å². The number of amides is 2. The van der Waals surface area contributed by atoms with Crippen LogP contribution in [-0.2, 0) is 14.4 Å². The zero-order valence-electron chi connectivity index (χ0n) is 18.3. The summed E-state index contributed by atoms with van der Waals surface area (Å²) < 4.78 is 0. The number of carbonyl (C=O) groups excluding carboxylic acids is 2. The number of aliphatic hydroxyl groups is 1. The molecule has 2 amide bonds. The molecular weight excluding hydrogens is 436 g/mol. The number of nitrogens with zero attached hydrogens (tertiary/aromatic N) is 4. The maximum Gasteiger partial charge on any atom is 0.353 e. The lowest BCUT2D eigenvalue weighted by molar-refractivity contribution is -0.163. The Morgan fingerprint density at radius 2 is 1.91 bits per heavy atom. The SMILES string of the molecule is CC(O)[C@H]1C(=O)N2C(C(=O)O)=C(S[C@H]3C[C@@H](C(=O)N4CC(N=C(N)N)C4)N(C)C3)[C@H](C)[C@H]12. The maximum absolute atomic E-state index is 12.9. The van der Waals surface area contributed by atoms with Gasteiger partial charge in [-0.25, -0.2) is 9.79 Å². The van der Waals surface area contributed by atoms with Gasteiger partial charge in [0, 0.05) is 35.7 Å². The van der Waals surface area contributed by atoms with E-state index < -0.39 is 18.0 Å². The molecule has 0 saturated carbocycles. The largest absolute Gasteiger partial charge is 0.477 e. The van der Waals surface area contributed by atoms with Gasteiger partial charge in [-0.2, -0.15) is 0 Å². The second-order valence-electron chi connectivity index (χ2n) is 9.15. The lowest BCUT2D eigenvalue weighted by Crippen LogP contribution is -2.63. The molecular formula is C20H30N6O5S. The summed E-state index contributed by atoms with van der Waals surface area (Å²) in [4.78, 5) is 47.2. The number of β-lactam (4-membered cyclic amide) rings is 1. The second-order valence-corrected chi connectivity index (χ2v) is 10.5. The van der Waals surface area contributed by atoms with Crippen molar-refractivity contribution in [3.05, 3.63) is 10.6 Å². The molecule has 0 aromatic carbocycles. The number of aliphatic hydroxyl groups excluding tert-OH is 1. The van der Waals surface area contributed by atoms with Gasteiger partial charge in [0.25, 0.3) is 0 Å². The number of hydrogen-bond acceptors (Lipinski definition) is 7. The van der Waals surface area contributed by atoms with Gasteiger partial charge in [-0.15, -0.1) is 11.8 Å². The first-order valence-corrected chi connectivity index (χ1v) is 11.6. The number of carboxylic acid groups (broad SMARTS) is 1. The quantitative estimate of drug-likeness (QED) is 0.205. The lowest BCUT2D eigenvalue weighted by atomic mass is 9.79. The smallest absolute Gasteiger partial charge is 0.353 e. The number of guanidine groups is 1. The summed E-state index contributed by atoms with van der Waals surface area (Å²) in [5, 5.41) is 19.8. The van der Waals surface area contributed by atoms with E-state index >= 15 is 0 Å². The second kappa shape index (κ2) is 8.23. The molecule has 6 N–H and O–H groups in total. The molecule has 4 aliphatic rings. The molecule has 12 heteroatoms. The summed E-state index contributed by atoms with van der Waals surface area (Å²) in [7, 11) is 1.89. The van der Waals surface area contributed by atoms with Gasteiger partial charge in [-0.1, -0.05) is 6.92 Å². The average Bonchev–Trinajstić information content (AvgIpc) is 3.13. The highest BCUT2D eigenvalue weighted by Crippen LogP contribution is 2.52. The number of hydrogen-bond donors (Lipinski definition) is 4. The predicted molar refractivity (Wildman–Crippen MR) is 118 cm³/mol. The molecule has 176 valence electrons. The number of thioether (sulfide) groups is 1. The first-order valence-electron chi connectivity index (χ1n) is 10.7. The van der Waals surface area contributed by atoms with Crippen molar-refractivity contribution in [2.45, 2.75) is 49.7 Å². The summed E-state index contributed by atoms with van der Waals surface area (Å²) >= 11 is 1.45. The van der Waals surface area contributed by atoms with Crippen molar-refractivity contribution in [2.75, 3.05) is 26.7 Å². The van der Waals surface area contributed by atoms with Gasteiger partial charge >= 0.3 is 5.97 Å². The van der Waals surface area contributed by atoms with Crippen LogP contribution in [0.4, 0.5) is 0 Å². The van der Waals surface area contributed by atoms with Crippen LogP contribution in [-0.4, -0.2) is 105 Å². The Kier molecular flexibility index (Phi) is 5.88. The number of rotatable bonds is 6. The molecule has 0 spiro atoms. The van der Waals surface area contributed by atoms with Crippen LogP contribution in [0, 0.1) is 11.8 Å². The Hall–Kier alpha value is -2.31. The van der Waals surface area contributed by atoms with E-state index in [-0.39, 0.29) is 52.8 Å². The molecule has 3 saturated heterocycles. The van der Waals surface area contributed by atoms with Crippen molar-refractivity contribution >= 4 is 35.5 Å². The molecule has 1 unspecified atom stereocenters. The van der Waals surface area contributed by atoms with Gasteiger partial charge in [0.05, 0.1) is 30.1 Å². The number of carbonyl (C=O) groups is 3. The highest BCUT2D eigenvalue weighted by molar-refractivity contribution is 8.03. The number of aliphatic carboxylic acids is 1. The molecule has 11 nitrogen and oxygen atoms in total. The van der Waals surface area contributed by atoms with E-state index in [2.05, 4.69) is 4.99 Å². The molecule has 0 radical (unpaired) electrons. The summed E-state index contributed by atoms with van der Waals surface area (Å²) in [6, 6.07) is -0.685. The molecule has 0 bridgehead atoms. The van der Waals surface area contributed by atoms with Crippen molar-refractivity contribution in [3.63, 3.8) is 0 Å². The van der Waals surface area contributed by atoms with Gasteiger partial charge < -0.3 is 31.5 Å². The summed E-state index contributed by atoms with van der Waals surface area (Å²) in [5.41, 5.74) is 10.8. The molecule has 32 heavy (non-hydrogen) atoms. The van der Waals surface area contributed by atoms with Gasteiger partial charge in [0.2, 0.25) is 11.8 Å². The number of likely N-dealkylation sites (tertiary alicyclic amines) is 2. The third-order valence-corrected chi connectivity index (χ3v) is 8.40. The number of aliphatic imine (C=N–C) groups is 1. The number of likely N-dealkylation sites (N-methyl/N-ethyl adjacent to an activating group) is 1. The highest BCUT2D eigenvalue weighted by Gasteiger charge is 2.60. The Morgan fingerprint density at radius 1 is 1.25 bits per heavy atom. The van der Waals surface area contributed by atoms with Crippen LogP contribution in [0.5, 0.6) is 0 Å². The summed E-state index contributed by atoms with van der Waals surface area (Å²) in [6.45, 7) is 5.08. The van der Waals surface area contributed by atoms with Crippen LogP contribution < -0.4 is 11.5 Å². The number of fused-ring (bicyclic) bond motifs is 1. The van der Waals surface area contributed by atoms with Crippen molar-refractivity contribution < 1.29 is 24.6 Å². The van der Waals surface area contributed by atoms with Crippen LogP contribution in [0.2, 0.25) is 0 Å². The molecule has 4 aliphatic heterocycles. The normalized spacial score (nSPS) is 33.6. The molecule has 6 atom stereocenters. The fourth-order valence-electron chi connectivity index (χ4n) is 5.32. The average molecular weight is 467 g/mol. The van der Waals surface area contributed by atoms with E-state index in [0.717, 1.165) is 0 Å². The van der Waals surface area contributed by atoms with E-state index in [9.17, 15) is 24.6 Å². The molecule has 3 fully saturated rings. The Balaban J connectivity index is 1.44. The van der Waals surface area contributed by atoms with Crippen LogP contribution in [0.25, 0.3) is 0 Å². The minimum atomic E-state index is -1.13. The van der Waals surface area contributed by atoms with Gasteiger partial charge in [-0.05, 0) is 20.4 Å². The number of carboxylic acids is 1. The van der Waals surface area contributed by atoms with Gasteiger partial charge in [0.1, 0.15) is 5.70 Å². The van der Waals surface area contributed by atoms with Crippen LogP contribution in [0.15, 0.2) is 15.6 Å². The predicted octanol–water partition coefficient (Wildman–Crippen LogP) is -1.57. The molecule has 0 aliphatic carbocycles. The molecule has 4 heterocycles. The third-order valence-electron chi connectivity index (χ3n) is 6.91. The highest BCUT2D eigenvalue weighted by atomic mass is 32.2. The van der Waals surface area contributed by atoms with Gasteiger partial charge in [-0.3, -0.25) is 14.5 Å².